The normalized spacial score (nSPS) is 19.5. The number of hydrogen-bond acceptors (Lipinski definition) is 4. The third kappa shape index (κ3) is 3.51. The van der Waals surface area contributed by atoms with Crippen molar-refractivity contribution in [3.05, 3.63) is 15.6 Å². The maximum Gasteiger partial charge on any atom is 0.221 e. The van der Waals surface area contributed by atoms with E-state index in [2.05, 4.69) is 15.6 Å². The van der Waals surface area contributed by atoms with Crippen LogP contribution in [0.25, 0.3) is 0 Å². The molecular weight excluding hydrogens is 234 g/mol. The molecule has 1 saturated heterocycles. The second-order valence-corrected chi connectivity index (χ2v) is 5.80. The summed E-state index contributed by atoms with van der Waals surface area (Å²) in [4.78, 5) is 17.2. The minimum absolute atomic E-state index is 0.134. The van der Waals surface area contributed by atoms with E-state index in [1.54, 1.807) is 11.3 Å². The van der Waals surface area contributed by atoms with Gasteiger partial charge in [0, 0.05) is 17.3 Å². The van der Waals surface area contributed by atoms with Gasteiger partial charge in [-0.25, -0.2) is 4.98 Å². The number of nitrogens with one attached hydrogen (secondary N) is 2. The van der Waals surface area contributed by atoms with Crippen molar-refractivity contribution in [1.29, 1.82) is 0 Å². The molecule has 1 aromatic rings. The third-order valence-electron chi connectivity index (χ3n) is 3.04. The number of carbonyl (C=O) groups is 1. The molecule has 0 radical (unpaired) electrons. The van der Waals surface area contributed by atoms with Crippen LogP contribution in [-0.4, -0.2) is 23.5 Å². The zero-order valence-corrected chi connectivity index (χ0v) is 11.2. The fraction of sp³-hybridized carbons (Fsp3) is 0.667. The van der Waals surface area contributed by atoms with Crippen LogP contribution in [0.2, 0.25) is 0 Å². The number of thiazole rings is 1. The van der Waals surface area contributed by atoms with Crippen LogP contribution in [0.5, 0.6) is 0 Å². The Morgan fingerprint density at radius 1 is 1.59 bits per heavy atom. The predicted molar refractivity (Wildman–Crippen MR) is 69.1 cm³/mol. The van der Waals surface area contributed by atoms with Crippen LogP contribution in [0.3, 0.4) is 0 Å². The average molecular weight is 253 g/mol. The van der Waals surface area contributed by atoms with Crippen molar-refractivity contribution >= 4 is 17.2 Å². The van der Waals surface area contributed by atoms with Crippen LogP contribution in [0.15, 0.2) is 0 Å². The Hall–Kier alpha value is -0.940. The Labute approximate surface area is 106 Å². The summed E-state index contributed by atoms with van der Waals surface area (Å²) >= 11 is 1.66. The molecule has 0 aromatic carbocycles. The highest BCUT2D eigenvalue weighted by atomic mass is 32.1. The van der Waals surface area contributed by atoms with Crippen LogP contribution in [0, 0.1) is 13.8 Å². The molecule has 1 fully saturated rings. The van der Waals surface area contributed by atoms with Crippen molar-refractivity contribution < 1.29 is 4.79 Å². The monoisotopic (exact) mass is 253 g/mol. The molecule has 5 heteroatoms. The van der Waals surface area contributed by atoms with Gasteiger partial charge < -0.3 is 10.6 Å². The van der Waals surface area contributed by atoms with Crippen molar-refractivity contribution in [1.82, 2.24) is 15.6 Å². The molecule has 1 unspecified atom stereocenters. The van der Waals surface area contributed by atoms with Gasteiger partial charge in [0.1, 0.15) is 0 Å². The molecule has 17 heavy (non-hydrogen) atoms. The fourth-order valence-electron chi connectivity index (χ4n) is 2.14. The minimum atomic E-state index is 0.134. The van der Waals surface area contributed by atoms with Crippen LogP contribution >= 0.6 is 11.3 Å². The minimum Gasteiger partial charge on any atom is -0.351 e. The van der Waals surface area contributed by atoms with Gasteiger partial charge in [-0.2, -0.15) is 0 Å². The van der Waals surface area contributed by atoms with E-state index in [1.807, 2.05) is 13.8 Å². The standard InChI is InChI=1S/C12H19N3OS/c1-8-11(17-9(2)15-8)7-14-12(16)6-10-4-3-5-13-10/h10,13H,3-7H2,1-2H3,(H,14,16). The first-order chi connectivity index (χ1) is 8.15. The molecule has 1 atom stereocenters. The summed E-state index contributed by atoms with van der Waals surface area (Å²) in [6, 6.07) is 0.374. The zero-order chi connectivity index (χ0) is 12.3. The quantitative estimate of drug-likeness (QED) is 0.855. The van der Waals surface area contributed by atoms with Crippen molar-refractivity contribution in [2.45, 2.75) is 45.7 Å². The van der Waals surface area contributed by atoms with Gasteiger partial charge in [0.2, 0.25) is 5.91 Å². The van der Waals surface area contributed by atoms with E-state index in [0.717, 1.165) is 28.5 Å². The topological polar surface area (TPSA) is 54.0 Å². The summed E-state index contributed by atoms with van der Waals surface area (Å²) in [5.74, 6) is 0.134. The van der Waals surface area contributed by atoms with Gasteiger partial charge in [0.15, 0.2) is 0 Å². The van der Waals surface area contributed by atoms with Crippen molar-refractivity contribution in [2.24, 2.45) is 0 Å². The van der Waals surface area contributed by atoms with E-state index < -0.39 is 0 Å². The molecule has 1 aliphatic heterocycles. The summed E-state index contributed by atoms with van der Waals surface area (Å²) < 4.78 is 0. The van der Waals surface area contributed by atoms with Crippen molar-refractivity contribution in [3.8, 4) is 0 Å². The lowest BCUT2D eigenvalue weighted by Gasteiger charge is -2.09. The Morgan fingerprint density at radius 3 is 3.00 bits per heavy atom. The second kappa shape index (κ2) is 5.60. The summed E-state index contributed by atoms with van der Waals surface area (Å²) in [5, 5.41) is 7.36. The molecule has 0 saturated carbocycles. The first-order valence-electron chi connectivity index (χ1n) is 6.08. The summed E-state index contributed by atoms with van der Waals surface area (Å²) in [6.45, 7) is 5.64. The van der Waals surface area contributed by atoms with Crippen LogP contribution in [0.4, 0.5) is 0 Å². The molecule has 2 heterocycles. The van der Waals surface area contributed by atoms with Gasteiger partial charge in [-0.15, -0.1) is 11.3 Å². The van der Waals surface area contributed by atoms with Gasteiger partial charge in [0.05, 0.1) is 17.2 Å². The Kier molecular flexibility index (Phi) is 4.12. The smallest absolute Gasteiger partial charge is 0.221 e. The van der Waals surface area contributed by atoms with E-state index in [9.17, 15) is 4.79 Å². The maximum atomic E-state index is 11.7. The summed E-state index contributed by atoms with van der Waals surface area (Å²) in [5.41, 5.74) is 1.03. The largest absolute Gasteiger partial charge is 0.351 e. The SMILES string of the molecule is Cc1nc(C)c(CNC(=O)CC2CCCN2)s1. The van der Waals surface area contributed by atoms with Gasteiger partial charge in [-0.1, -0.05) is 0 Å². The number of nitrogens with zero attached hydrogens (tertiary/aromatic N) is 1. The molecule has 4 nitrogen and oxygen atoms in total. The van der Waals surface area contributed by atoms with Crippen molar-refractivity contribution in [2.75, 3.05) is 6.54 Å². The van der Waals surface area contributed by atoms with Gasteiger partial charge in [0.25, 0.3) is 0 Å². The fourth-order valence-corrected chi connectivity index (χ4v) is 3.02. The van der Waals surface area contributed by atoms with Gasteiger partial charge in [-0.05, 0) is 33.2 Å². The zero-order valence-electron chi connectivity index (χ0n) is 10.4. The number of carbonyl (C=O) groups excluding carboxylic acids is 1. The number of amides is 1. The van der Waals surface area contributed by atoms with E-state index >= 15 is 0 Å². The number of rotatable bonds is 4. The molecule has 0 bridgehead atoms. The lowest BCUT2D eigenvalue weighted by atomic mass is 10.1. The summed E-state index contributed by atoms with van der Waals surface area (Å²) in [7, 11) is 0. The Balaban J connectivity index is 1.77. The van der Waals surface area contributed by atoms with Crippen LogP contribution < -0.4 is 10.6 Å². The highest BCUT2D eigenvalue weighted by molar-refractivity contribution is 7.11. The molecule has 1 aliphatic rings. The van der Waals surface area contributed by atoms with Crippen LogP contribution in [-0.2, 0) is 11.3 Å². The van der Waals surface area contributed by atoms with E-state index in [0.29, 0.717) is 19.0 Å². The molecule has 1 aromatic heterocycles. The predicted octanol–water partition coefficient (Wildman–Crippen LogP) is 1.52. The lowest BCUT2D eigenvalue weighted by Crippen LogP contribution is -2.31. The maximum absolute atomic E-state index is 11.7. The highest BCUT2D eigenvalue weighted by Gasteiger charge is 2.17. The number of aryl methyl sites for hydroxylation is 2. The molecule has 0 aliphatic carbocycles. The van der Waals surface area contributed by atoms with Crippen LogP contribution in [0.1, 0.15) is 34.8 Å². The van der Waals surface area contributed by atoms with E-state index in [1.165, 1.54) is 6.42 Å². The average Bonchev–Trinajstić information content (AvgIpc) is 2.86. The molecule has 0 spiro atoms. The summed E-state index contributed by atoms with van der Waals surface area (Å²) in [6.07, 6.45) is 2.90. The second-order valence-electron chi connectivity index (χ2n) is 4.52. The first-order valence-corrected chi connectivity index (χ1v) is 6.90. The third-order valence-corrected chi connectivity index (χ3v) is 4.11. The van der Waals surface area contributed by atoms with Gasteiger partial charge >= 0.3 is 0 Å². The number of hydrogen-bond donors (Lipinski definition) is 2. The molecule has 1 amide bonds. The highest BCUT2D eigenvalue weighted by Crippen LogP contribution is 2.16. The Bertz CT molecular complexity index is 396. The van der Waals surface area contributed by atoms with Gasteiger partial charge in [-0.3, -0.25) is 4.79 Å². The molecular formula is C12H19N3OS. The lowest BCUT2D eigenvalue weighted by molar-refractivity contribution is -0.121. The molecule has 2 N–H and O–H groups in total. The van der Waals surface area contributed by atoms with Crippen molar-refractivity contribution in [3.63, 3.8) is 0 Å². The number of aromatic nitrogens is 1. The Morgan fingerprint density at radius 2 is 2.41 bits per heavy atom. The van der Waals surface area contributed by atoms with E-state index in [-0.39, 0.29) is 5.91 Å². The first kappa shape index (κ1) is 12.5. The van der Waals surface area contributed by atoms with E-state index in [4.69, 9.17) is 0 Å². The molecule has 94 valence electrons. The molecule has 2 rings (SSSR count).